The Bertz CT molecular complexity index is 1530. The number of carbonyl (C=O) groups is 2. The second-order valence-corrected chi connectivity index (χ2v) is 8.48. The Morgan fingerprint density at radius 3 is 2.56 bits per heavy atom. The van der Waals surface area contributed by atoms with E-state index in [0.29, 0.717) is 34.3 Å². The van der Waals surface area contributed by atoms with E-state index in [-0.39, 0.29) is 23.5 Å². The lowest BCUT2D eigenvalue weighted by molar-refractivity contribution is 0.0978. The summed E-state index contributed by atoms with van der Waals surface area (Å²) in [5.41, 5.74) is 0.665. The Balaban J connectivity index is 1.27. The van der Waals surface area contributed by atoms with Crippen LogP contribution in [0.2, 0.25) is 0 Å². The van der Waals surface area contributed by atoms with Gasteiger partial charge in [0.25, 0.3) is 0 Å². The number of ketones is 2. The summed E-state index contributed by atoms with van der Waals surface area (Å²) >= 11 is 1.32. The first-order valence-electron chi connectivity index (χ1n) is 10.1. The summed E-state index contributed by atoms with van der Waals surface area (Å²) < 4.78 is 40.9. The van der Waals surface area contributed by atoms with Crippen LogP contribution in [0.5, 0.6) is 0 Å². The van der Waals surface area contributed by atoms with Crippen LogP contribution in [0.3, 0.4) is 0 Å². The molecule has 0 radical (unpaired) electrons. The SMILES string of the molecule is O=C(CCc1nnc(-c2n[nH]c3ccccc23)s1)c1cc(C(=O)c2c(F)cc(F)cc2F)c[nH]1. The zero-order chi connectivity index (χ0) is 23.8. The number of hydrogen-bond acceptors (Lipinski definition) is 6. The standard InChI is InChI=1S/C23H14F3N5O2S/c24-12-8-14(25)20(15(26)9-12)22(33)11-7-17(27-10-11)18(32)5-6-19-29-31-23(34-19)21-13-3-1-2-4-16(13)28-30-21/h1-4,7-10,27H,5-6H2,(H,28,30). The van der Waals surface area contributed by atoms with Gasteiger partial charge in [-0.2, -0.15) is 5.10 Å². The Hall–Kier alpha value is -4.12. The summed E-state index contributed by atoms with van der Waals surface area (Å²) in [5.74, 6) is -5.06. The molecule has 3 aromatic heterocycles. The lowest BCUT2D eigenvalue weighted by Crippen LogP contribution is -2.07. The number of carbonyl (C=O) groups excluding carboxylic acids is 2. The van der Waals surface area contributed by atoms with Gasteiger partial charge in [0.2, 0.25) is 0 Å². The van der Waals surface area contributed by atoms with Gasteiger partial charge in [-0.15, -0.1) is 10.2 Å². The van der Waals surface area contributed by atoms with Crippen LogP contribution >= 0.6 is 11.3 Å². The molecule has 0 aliphatic rings. The lowest BCUT2D eigenvalue weighted by Gasteiger charge is -2.02. The molecule has 2 N–H and O–H groups in total. The molecule has 0 amide bonds. The fourth-order valence-corrected chi connectivity index (χ4v) is 4.36. The fourth-order valence-electron chi connectivity index (χ4n) is 3.52. The summed E-state index contributed by atoms with van der Waals surface area (Å²) in [7, 11) is 0. The van der Waals surface area contributed by atoms with Gasteiger partial charge in [-0.05, 0) is 12.1 Å². The molecule has 0 bridgehead atoms. The maximum atomic E-state index is 13.9. The smallest absolute Gasteiger partial charge is 0.200 e. The first-order chi connectivity index (χ1) is 16.4. The van der Waals surface area contributed by atoms with Gasteiger partial charge in [0.05, 0.1) is 16.8 Å². The first-order valence-corrected chi connectivity index (χ1v) is 10.9. The minimum absolute atomic E-state index is 0.0728. The average molecular weight is 481 g/mol. The van der Waals surface area contributed by atoms with Crippen LogP contribution in [0, 0.1) is 17.5 Å². The molecule has 5 rings (SSSR count). The molecule has 2 aromatic carbocycles. The molecular weight excluding hydrogens is 467 g/mol. The van der Waals surface area contributed by atoms with Crippen molar-refractivity contribution in [3.8, 4) is 10.7 Å². The molecule has 0 aliphatic heterocycles. The Labute approximate surface area is 193 Å². The van der Waals surface area contributed by atoms with Crippen molar-refractivity contribution in [3.63, 3.8) is 0 Å². The summed E-state index contributed by atoms with van der Waals surface area (Å²) in [6.45, 7) is 0. The number of aromatic amines is 2. The molecule has 7 nitrogen and oxygen atoms in total. The number of H-pyrrole nitrogens is 2. The van der Waals surface area contributed by atoms with Crippen molar-refractivity contribution in [3.05, 3.63) is 87.9 Å². The van der Waals surface area contributed by atoms with Gasteiger partial charge in [0.15, 0.2) is 16.6 Å². The summed E-state index contributed by atoms with van der Waals surface area (Å²) in [5, 5.41) is 17.7. The van der Waals surface area contributed by atoms with Gasteiger partial charge in [0.1, 0.15) is 28.2 Å². The average Bonchev–Trinajstić information content (AvgIpc) is 3.56. The molecule has 0 spiro atoms. The Kier molecular flexibility index (Phi) is 5.54. The number of halogens is 3. The van der Waals surface area contributed by atoms with E-state index < -0.39 is 28.8 Å². The number of benzene rings is 2. The zero-order valence-corrected chi connectivity index (χ0v) is 18.0. The van der Waals surface area contributed by atoms with Gasteiger partial charge in [-0.25, -0.2) is 13.2 Å². The third-order valence-corrected chi connectivity index (χ3v) is 6.17. The molecule has 0 atom stereocenters. The van der Waals surface area contributed by atoms with E-state index >= 15 is 0 Å². The van der Waals surface area contributed by atoms with Crippen molar-refractivity contribution in [1.29, 1.82) is 0 Å². The maximum Gasteiger partial charge on any atom is 0.200 e. The maximum absolute atomic E-state index is 13.9. The van der Waals surface area contributed by atoms with Gasteiger partial charge >= 0.3 is 0 Å². The third kappa shape index (κ3) is 4.01. The van der Waals surface area contributed by atoms with Crippen molar-refractivity contribution < 1.29 is 22.8 Å². The highest BCUT2D eigenvalue weighted by molar-refractivity contribution is 7.14. The highest BCUT2D eigenvalue weighted by Crippen LogP contribution is 2.29. The highest BCUT2D eigenvalue weighted by atomic mass is 32.1. The molecule has 0 aliphatic carbocycles. The molecule has 0 saturated carbocycles. The second-order valence-electron chi connectivity index (χ2n) is 7.42. The lowest BCUT2D eigenvalue weighted by atomic mass is 10.0. The molecule has 3 heterocycles. The van der Waals surface area contributed by atoms with Gasteiger partial charge in [0, 0.05) is 42.1 Å². The molecule has 170 valence electrons. The van der Waals surface area contributed by atoms with Crippen molar-refractivity contribution in [2.24, 2.45) is 0 Å². The van der Waals surface area contributed by atoms with Crippen molar-refractivity contribution >= 4 is 33.8 Å². The summed E-state index contributed by atoms with van der Waals surface area (Å²) in [6, 6.07) is 9.69. The number of nitrogens with zero attached hydrogens (tertiary/aromatic N) is 3. The number of para-hydroxylation sites is 1. The van der Waals surface area contributed by atoms with E-state index in [0.717, 1.165) is 10.9 Å². The largest absolute Gasteiger partial charge is 0.358 e. The molecule has 11 heteroatoms. The molecule has 0 saturated heterocycles. The molecule has 34 heavy (non-hydrogen) atoms. The van der Waals surface area contributed by atoms with E-state index in [1.54, 1.807) is 0 Å². The van der Waals surface area contributed by atoms with Crippen molar-refractivity contribution in [1.82, 2.24) is 25.4 Å². The third-order valence-electron chi connectivity index (χ3n) is 5.19. The number of hydrogen-bond donors (Lipinski definition) is 2. The van der Waals surface area contributed by atoms with Crippen LogP contribution in [-0.2, 0) is 6.42 Å². The minimum Gasteiger partial charge on any atom is -0.358 e. The molecule has 0 fully saturated rings. The van der Waals surface area contributed by atoms with Gasteiger partial charge < -0.3 is 4.98 Å². The van der Waals surface area contributed by atoms with E-state index in [2.05, 4.69) is 25.4 Å². The van der Waals surface area contributed by atoms with Crippen LogP contribution in [-0.4, -0.2) is 36.9 Å². The highest BCUT2D eigenvalue weighted by Gasteiger charge is 2.22. The van der Waals surface area contributed by atoms with Gasteiger partial charge in [-0.1, -0.05) is 29.5 Å². The molecular formula is C23H14F3N5O2S. The minimum atomic E-state index is -1.31. The van der Waals surface area contributed by atoms with Gasteiger partial charge in [-0.3, -0.25) is 14.7 Å². The predicted molar refractivity (Wildman–Crippen MR) is 118 cm³/mol. The number of rotatable bonds is 7. The molecule has 0 unspecified atom stereocenters. The Morgan fingerprint density at radius 2 is 1.76 bits per heavy atom. The normalized spacial score (nSPS) is 11.3. The monoisotopic (exact) mass is 481 g/mol. The summed E-state index contributed by atoms with van der Waals surface area (Å²) in [4.78, 5) is 27.7. The second kappa shape index (κ2) is 8.67. The first kappa shape index (κ1) is 21.7. The van der Waals surface area contributed by atoms with E-state index in [1.807, 2.05) is 24.3 Å². The number of Topliss-reactive ketones (excluding diaryl/α,β-unsaturated/α-hetero) is 1. The van der Waals surface area contributed by atoms with Crippen LogP contribution in [0.4, 0.5) is 13.2 Å². The number of fused-ring (bicyclic) bond motifs is 1. The van der Waals surface area contributed by atoms with Crippen LogP contribution < -0.4 is 0 Å². The number of aromatic nitrogens is 5. The Morgan fingerprint density at radius 1 is 1.00 bits per heavy atom. The van der Waals surface area contributed by atoms with E-state index in [1.165, 1.54) is 23.6 Å². The number of aryl methyl sites for hydroxylation is 1. The van der Waals surface area contributed by atoms with Crippen LogP contribution in [0.15, 0.2) is 48.7 Å². The van der Waals surface area contributed by atoms with Crippen molar-refractivity contribution in [2.45, 2.75) is 12.8 Å². The zero-order valence-electron chi connectivity index (χ0n) is 17.2. The summed E-state index contributed by atoms with van der Waals surface area (Å²) in [6.07, 6.45) is 1.56. The molecule has 5 aromatic rings. The van der Waals surface area contributed by atoms with Crippen LogP contribution in [0.25, 0.3) is 21.6 Å². The number of nitrogens with one attached hydrogen (secondary N) is 2. The van der Waals surface area contributed by atoms with Crippen molar-refractivity contribution in [2.75, 3.05) is 0 Å². The van der Waals surface area contributed by atoms with E-state index in [9.17, 15) is 22.8 Å². The quantitative estimate of drug-likeness (QED) is 0.323. The predicted octanol–water partition coefficient (Wildman–Crippen LogP) is 4.87. The van der Waals surface area contributed by atoms with Crippen LogP contribution in [0.1, 0.15) is 37.8 Å². The van der Waals surface area contributed by atoms with E-state index in [4.69, 9.17) is 0 Å². The fraction of sp³-hybridized carbons (Fsp3) is 0.0870. The topological polar surface area (TPSA) is 104 Å².